The zero-order valence-corrected chi connectivity index (χ0v) is 12.1. The van der Waals surface area contributed by atoms with Gasteiger partial charge in [-0.1, -0.05) is 24.3 Å². The van der Waals surface area contributed by atoms with Gasteiger partial charge in [0, 0.05) is 6.26 Å². The van der Waals surface area contributed by atoms with Crippen molar-refractivity contribution in [3.8, 4) is 0 Å². The summed E-state index contributed by atoms with van der Waals surface area (Å²) < 4.78 is 27.8. The fraction of sp³-hybridized carbons (Fsp3) is 0.500. The van der Waals surface area contributed by atoms with E-state index in [0.717, 1.165) is 17.4 Å². The highest BCUT2D eigenvalue weighted by molar-refractivity contribution is 7.93. The number of carbonyl (C=O) groups is 1. The van der Waals surface area contributed by atoms with Gasteiger partial charge in [0.15, 0.2) is 14.6 Å². The van der Waals surface area contributed by atoms with Crippen molar-refractivity contribution in [3.63, 3.8) is 0 Å². The molecule has 0 radical (unpaired) electrons. The first-order chi connectivity index (χ1) is 9.44. The molecule has 1 heterocycles. The van der Waals surface area contributed by atoms with Gasteiger partial charge in [0.1, 0.15) is 0 Å². The van der Waals surface area contributed by atoms with Crippen LogP contribution in [0.4, 0.5) is 0 Å². The molecule has 1 fully saturated rings. The van der Waals surface area contributed by atoms with Crippen LogP contribution in [0.25, 0.3) is 0 Å². The number of hydrogen-bond donors (Lipinski definition) is 1. The van der Waals surface area contributed by atoms with E-state index in [0.29, 0.717) is 26.1 Å². The van der Waals surface area contributed by atoms with Crippen LogP contribution in [0.5, 0.6) is 0 Å². The van der Waals surface area contributed by atoms with Crippen molar-refractivity contribution in [3.05, 3.63) is 35.4 Å². The SMILES string of the molecule is CS(=O)(=O)C1(C(=O)NC2COCc3ccccc32)CC1. The second kappa shape index (κ2) is 4.56. The summed E-state index contributed by atoms with van der Waals surface area (Å²) in [5.74, 6) is -0.398. The molecule has 0 aromatic heterocycles. The molecule has 1 N–H and O–H groups in total. The molecule has 0 saturated heterocycles. The standard InChI is InChI=1S/C14H17NO4S/c1-20(17,18)14(6-7-14)13(16)15-12-9-19-8-10-4-2-3-5-11(10)12/h2-5,12H,6-9H2,1H3,(H,15,16). The Morgan fingerprint density at radius 3 is 2.70 bits per heavy atom. The molecule has 1 aliphatic carbocycles. The first-order valence-electron chi connectivity index (χ1n) is 6.60. The van der Waals surface area contributed by atoms with E-state index >= 15 is 0 Å². The van der Waals surface area contributed by atoms with Crippen LogP contribution in [0, 0.1) is 0 Å². The van der Waals surface area contributed by atoms with E-state index in [1.807, 2.05) is 24.3 Å². The largest absolute Gasteiger partial charge is 0.374 e. The van der Waals surface area contributed by atoms with Crippen molar-refractivity contribution in [2.45, 2.75) is 30.2 Å². The van der Waals surface area contributed by atoms with E-state index < -0.39 is 20.5 Å². The van der Waals surface area contributed by atoms with Gasteiger partial charge in [-0.2, -0.15) is 0 Å². The lowest BCUT2D eigenvalue weighted by molar-refractivity contribution is -0.122. The number of sulfone groups is 1. The van der Waals surface area contributed by atoms with Gasteiger partial charge < -0.3 is 10.1 Å². The fourth-order valence-corrected chi connectivity index (χ4v) is 3.91. The smallest absolute Gasteiger partial charge is 0.242 e. The molecule has 1 aromatic rings. The zero-order valence-electron chi connectivity index (χ0n) is 11.3. The number of ether oxygens (including phenoxy) is 1. The first kappa shape index (κ1) is 13.6. The van der Waals surface area contributed by atoms with E-state index in [1.54, 1.807) is 0 Å². The second-order valence-corrected chi connectivity index (χ2v) is 7.83. The third-order valence-corrected chi connectivity index (χ3v) is 6.12. The predicted octanol–water partition coefficient (Wildman–Crippen LogP) is 0.951. The van der Waals surface area contributed by atoms with E-state index in [1.165, 1.54) is 0 Å². The van der Waals surface area contributed by atoms with Gasteiger partial charge >= 0.3 is 0 Å². The average molecular weight is 295 g/mol. The molecule has 1 unspecified atom stereocenters. The van der Waals surface area contributed by atoms with Crippen LogP contribution in [0.2, 0.25) is 0 Å². The Balaban J connectivity index is 1.82. The Morgan fingerprint density at radius 1 is 1.35 bits per heavy atom. The third-order valence-electron chi connectivity index (χ3n) is 4.11. The van der Waals surface area contributed by atoms with E-state index in [4.69, 9.17) is 4.74 Å². The van der Waals surface area contributed by atoms with Crippen LogP contribution >= 0.6 is 0 Å². The molecule has 2 aliphatic rings. The van der Waals surface area contributed by atoms with Crippen LogP contribution in [0.3, 0.4) is 0 Å². The topological polar surface area (TPSA) is 72.5 Å². The fourth-order valence-electron chi connectivity index (χ4n) is 2.67. The molecular formula is C14H17NO4S. The van der Waals surface area contributed by atoms with Crippen molar-refractivity contribution in [2.75, 3.05) is 12.9 Å². The lowest BCUT2D eigenvalue weighted by Crippen LogP contribution is -2.45. The van der Waals surface area contributed by atoms with Crippen LogP contribution in [0.15, 0.2) is 24.3 Å². The molecule has 108 valence electrons. The average Bonchev–Trinajstić information content (AvgIpc) is 3.20. The minimum absolute atomic E-state index is 0.272. The number of nitrogens with one attached hydrogen (secondary N) is 1. The Hall–Kier alpha value is -1.40. The Bertz CT molecular complexity index is 649. The van der Waals surface area contributed by atoms with Gasteiger partial charge in [0.2, 0.25) is 5.91 Å². The molecule has 5 nitrogen and oxygen atoms in total. The number of carbonyl (C=O) groups excluding carboxylic acids is 1. The number of hydrogen-bond acceptors (Lipinski definition) is 4. The lowest BCUT2D eigenvalue weighted by atomic mass is 9.99. The molecule has 6 heteroatoms. The monoisotopic (exact) mass is 295 g/mol. The molecule has 0 spiro atoms. The summed E-state index contributed by atoms with van der Waals surface area (Å²) in [7, 11) is -3.37. The third kappa shape index (κ3) is 2.13. The van der Waals surface area contributed by atoms with Crippen LogP contribution in [0.1, 0.15) is 30.0 Å². The van der Waals surface area contributed by atoms with Crippen LogP contribution < -0.4 is 5.32 Å². The van der Waals surface area contributed by atoms with Gasteiger partial charge in [-0.05, 0) is 24.0 Å². The van der Waals surface area contributed by atoms with E-state index in [2.05, 4.69) is 5.32 Å². The lowest BCUT2D eigenvalue weighted by Gasteiger charge is -2.27. The number of amides is 1. The van der Waals surface area contributed by atoms with Crippen LogP contribution in [-0.4, -0.2) is 31.9 Å². The Labute approximate surface area is 118 Å². The first-order valence-corrected chi connectivity index (χ1v) is 8.49. The maximum Gasteiger partial charge on any atom is 0.242 e. The van der Waals surface area contributed by atoms with Crippen LogP contribution in [-0.2, 0) is 26.0 Å². The number of benzene rings is 1. The highest BCUT2D eigenvalue weighted by Crippen LogP contribution is 2.43. The van der Waals surface area contributed by atoms with Gasteiger partial charge in [0.05, 0.1) is 19.3 Å². The van der Waals surface area contributed by atoms with Crippen molar-refractivity contribution in [1.29, 1.82) is 0 Å². The van der Waals surface area contributed by atoms with Gasteiger partial charge in [0.25, 0.3) is 0 Å². The molecule has 1 atom stereocenters. The number of fused-ring (bicyclic) bond motifs is 1. The second-order valence-electron chi connectivity index (χ2n) is 5.51. The van der Waals surface area contributed by atoms with Crippen molar-refractivity contribution in [1.82, 2.24) is 5.32 Å². The number of rotatable bonds is 3. The predicted molar refractivity (Wildman–Crippen MR) is 73.8 cm³/mol. The van der Waals surface area contributed by atoms with E-state index in [-0.39, 0.29) is 6.04 Å². The maximum atomic E-state index is 12.3. The summed E-state index contributed by atoms with van der Waals surface area (Å²) in [4.78, 5) is 12.3. The molecule has 1 saturated carbocycles. The van der Waals surface area contributed by atoms with Crippen molar-refractivity contribution in [2.24, 2.45) is 0 Å². The summed E-state index contributed by atoms with van der Waals surface area (Å²) in [5.41, 5.74) is 2.05. The summed E-state index contributed by atoms with van der Waals surface area (Å²) in [6.07, 6.45) is 1.95. The zero-order chi connectivity index (χ0) is 14.4. The summed E-state index contributed by atoms with van der Waals surface area (Å²) >= 11 is 0. The Kier molecular flexibility index (Phi) is 3.10. The minimum atomic E-state index is -3.37. The molecule has 1 amide bonds. The Morgan fingerprint density at radius 2 is 2.05 bits per heavy atom. The summed E-state index contributed by atoms with van der Waals surface area (Å²) in [6.45, 7) is 0.905. The highest BCUT2D eigenvalue weighted by Gasteiger charge is 2.59. The minimum Gasteiger partial charge on any atom is -0.374 e. The normalized spacial score (nSPS) is 23.8. The summed E-state index contributed by atoms with van der Waals surface area (Å²) in [5, 5.41) is 2.84. The van der Waals surface area contributed by atoms with Crippen molar-refractivity contribution >= 4 is 15.7 Å². The van der Waals surface area contributed by atoms with Crippen molar-refractivity contribution < 1.29 is 17.9 Å². The molecule has 3 rings (SSSR count). The highest BCUT2D eigenvalue weighted by atomic mass is 32.2. The molecule has 20 heavy (non-hydrogen) atoms. The van der Waals surface area contributed by atoms with Gasteiger partial charge in [-0.3, -0.25) is 4.79 Å². The molecular weight excluding hydrogens is 278 g/mol. The molecule has 0 bridgehead atoms. The van der Waals surface area contributed by atoms with Gasteiger partial charge in [-0.15, -0.1) is 0 Å². The molecule has 1 aliphatic heterocycles. The summed E-state index contributed by atoms with van der Waals surface area (Å²) in [6, 6.07) is 7.46. The maximum absolute atomic E-state index is 12.3. The van der Waals surface area contributed by atoms with E-state index in [9.17, 15) is 13.2 Å². The molecule has 1 aromatic carbocycles. The quantitative estimate of drug-likeness (QED) is 0.901. The van der Waals surface area contributed by atoms with Gasteiger partial charge in [-0.25, -0.2) is 8.42 Å².